The maximum atomic E-state index is 15.9. The maximum Gasteiger partial charge on any atom is 0.408 e. The normalized spacial score (nSPS) is 12.9. The zero-order valence-corrected chi connectivity index (χ0v) is 24.9. The number of aromatic nitrogens is 2. The summed E-state index contributed by atoms with van der Waals surface area (Å²) in [6, 6.07) is 2.47. The van der Waals surface area contributed by atoms with E-state index in [9.17, 15) is 41.4 Å². The largest absolute Gasteiger partial charge is 0.496 e. The van der Waals surface area contributed by atoms with Crippen LogP contribution in [-0.2, 0) is 18.3 Å². The smallest absolute Gasteiger partial charge is 0.408 e. The molecule has 0 saturated carbocycles. The molecule has 3 N–H and O–H groups in total. The molecule has 15 heteroatoms. The second kappa shape index (κ2) is 13.1. The standard InChI is InChI=1S/C31H28F6N4O5/c1-5-23(31(35,36)37)39-16-12-19(33)24(20(34)13-16)28(42)40-21(30(44)45)11-15-10-18(32)25(27-17(15)7-6-8-38-27)26-22(46-4)9-14(2)41(3)29(26)43/h6-10,12-13,21,23,39H,5,11H2,1-4H3,(H,40,42)(H,44,45)/t21-,23+/m0/s1. The molecular formula is C31H28F6N4O5. The average molecular weight is 651 g/mol. The van der Waals surface area contributed by atoms with Gasteiger partial charge in [0.25, 0.3) is 11.5 Å². The van der Waals surface area contributed by atoms with Crippen molar-refractivity contribution < 1.29 is 45.8 Å². The second-order valence-electron chi connectivity index (χ2n) is 10.4. The molecular weight excluding hydrogens is 622 g/mol. The first-order valence-corrected chi connectivity index (χ1v) is 13.8. The number of amides is 1. The van der Waals surface area contributed by atoms with Crippen molar-refractivity contribution in [2.75, 3.05) is 12.4 Å². The molecule has 0 aliphatic heterocycles. The van der Waals surface area contributed by atoms with Crippen LogP contribution in [0.3, 0.4) is 0 Å². The summed E-state index contributed by atoms with van der Waals surface area (Å²) >= 11 is 0. The summed E-state index contributed by atoms with van der Waals surface area (Å²) in [6.45, 7) is 2.87. The van der Waals surface area contributed by atoms with E-state index in [1.807, 2.05) is 10.6 Å². The van der Waals surface area contributed by atoms with E-state index in [1.54, 1.807) is 6.92 Å². The SMILES string of the molecule is CC[C@@H](Nc1cc(F)c(C(=O)N[C@@H](Cc2cc(F)c(-c3c(OC)cc(C)n(C)c3=O)c3ncccc23)C(=O)O)c(F)c1)C(F)(F)F. The molecule has 2 aromatic carbocycles. The number of benzene rings is 2. The number of pyridine rings is 2. The lowest BCUT2D eigenvalue weighted by Gasteiger charge is -2.22. The maximum absolute atomic E-state index is 15.9. The van der Waals surface area contributed by atoms with Crippen molar-refractivity contribution in [1.29, 1.82) is 0 Å². The Labute approximate surface area is 257 Å². The van der Waals surface area contributed by atoms with E-state index >= 15 is 4.39 Å². The number of carbonyl (C=O) groups excluding carboxylic acids is 1. The number of methoxy groups -OCH3 is 1. The van der Waals surface area contributed by atoms with Crippen molar-refractivity contribution in [3.05, 3.63) is 87.2 Å². The van der Waals surface area contributed by atoms with Gasteiger partial charge in [0, 0.05) is 42.5 Å². The number of aryl methyl sites for hydroxylation is 1. The van der Waals surface area contributed by atoms with E-state index in [-0.39, 0.29) is 33.3 Å². The van der Waals surface area contributed by atoms with Crippen LogP contribution in [0.2, 0.25) is 0 Å². The predicted molar refractivity (Wildman–Crippen MR) is 156 cm³/mol. The fourth-order valence-electron chi connectivity index (χ4n) is 5.01. The first-order chi connectivity index (χ1) is 21.6. The van der Waals surface area contributed by atoms with E-state index in [0.29, 0.717) is 17.8 Å². The lowest BCUT2D eigenvalue weighted by atomic mass is 9.94. The number of nitrogens with one attached hydrogen (secondary N) is 2. The molecule has 0 aliphatic rings. The monoisotopic (exact) mass is 650 g/mol. The van der Waals surface area contributed by atoms with Gasteiger partial charge < -0.3 is 25.0 Å². The highest BCUT2D eigenvalue weighted by Gasteiger charge is 2.38. The Balaban J connectivity index is 1.71. The lowest BCUT2D eigenvalue weighted by Crippen LogP contribution is -2.43. The minimum atomic E-state index is -4.72. The van der Waals surface area contributed by atoms with Crippen LogP contribution in [0.15, 0.2) is 47.4 Å². The highest BCUT2D eigenvalue weighted by molar-refractivity contribution is 5.99. The van der Waals surface area contributed by atoms with Crippen molar-refractivity contribution in [1.82, 2.24) is 14.9 Å². The van der Waals surface area contributed by atoms with Gasteiger partial charge in [-0.25, -0.2) is 18.0 Å². The van der Waals surface area contributed by atoms with E-state index in [0.717, 1.165) is 6.07 Å². The van der Waals surface area contributed by atoms with Crippen LogP contribution in [0.25, 0.3) is 22.0 Å². The van der Waals surface area contributed by atoms with Crippen LogP contribution in [0.1, 0.15) is 35.0 Å². The third-order valence-electron chi connectivity index (χ3n) is 7.47. The van der Waals surface area contributed by atoms with E-state index in [1.165, 1.54) is 50.0 Å². The lowest BCUT2D eigenvalue weighted by molar-refractivity contribution is -0.143. The number of hydrogen-bond donors (Lipinski definition) is 3. The topological polar surface area (TPSA) is 123 Å². The summed E-state index contributed by atoms with van der Waals surface area (Å²) in [7, 11) is 2.79. The van der Waals surface area contributed by atoms with Crippen molar-refractivity contribution in [2.45, 2.75) is 44.9 Å². The summed E-state index contributed by atoms with van der Waals surface area (Å²) in [6.07, 6.45) is -4.42. The Morgan fingerprint density at radius 3 is 2.28 bits per heavy atom. The summed E-state index contributed by atoms with van der Waals surface area (Å²) < 4.78 is 91.5. The number of aliphatic carboxylic acids is 1. The number of alkyl halides is 3. The van der Waals surface area contributed by atoms with Crippen LogP contribution >= 0.6 is 0 Å². The molecule has 0 aliphatic carbocycles. The van der Waals surface area contributed by atoms with E-state index < -0.39 is 77.2 Å². The van der Waals surface area contributed by atoms with Gasteiger partial charge in [0.1, 0.15) is 40.8 Å². The van der Waals surface area contributed by atoms with E-state index in [2.05, 4.69) is 4.98 Å². The number of ether oxygens (including phenoxy) is 1. The van der Waals surface area contributed by atoms with Gasteiger partial charge in [0.2, 0.25) is 0 Å². The van der Waals surface area contributed by atoms with Crippen LogP contribution < -0.4 is 20.9 Å². The molecule has 0 fully saturated rings. The summed E-state index contributed by atoms with van der Waals surface area (Å²) in [5.74, 6) is -7.12. The molecule has 9 nitrogen and oxygen atoms in total. The fourth-order valence-corrected chi connectivity index (χ4v) is 5.01. The Bertz CT molecular complexity index is 1870. The molecule has 2 aromatic heterocycles. The number of rotatable bonds is 10. The second-order valence-corrected chi connectivity index (χ2v) is 10.4. The number of carboxylic acids is 1. The van der Waals surface area contributed by atoms with Crippen molar-refractivity contribution in [3.8, 4) is 16.9 Å². The Kier molecular flexibility index (Phi) is 9.63. The van der Waals surface area contributed by atoms with Gasteiger partial charge in [-0.05, 0) is 43.2 Å². The third-order valence-corrected chi connectivity index (χ3v) is 7.47. The number of anilines is 1. The fraction of sp³-hybridized carbons (Fsp3) is 0.290. The van der Waals surface area contributed by atoms with Gasteiger partial charge in [0.05, 0.1) is 23.8 Å². The zero-order chi connectivity index (χ0) is 34.1. The summed E-state index contributed by atoms with van der Waals surface area (Å²) in [4.78, 5) is 42.5. The Morgan fingerprint density at radius 1 is 1.07 bits per heavy atom. The van der Waals surface area contributed by atoms with Gasteiger partial charge in [-0.15, -0.1) is 0 Å². The first kappa shape index (κ1) is 33.8. The summed E-state index contributed by atoms with van der Waals surface area (Å²) in [5.41, 5.74) is -2.19. The van der Waals surface area contributed by atoms with Crippen molar-refractivity contribution >= 4 is 28.5 Å². The van der Waals surface area contributed by atoms with Crippen molar-refractivity contribution in [3.63, 3.8) is 0 Å². The number of halogens is 6. The Morgan fingerprint density at radius 2 is 1.72 bits per heavy atom. The highest BCUT2D eigenvalue weighted by atomic mass is 19.4. The molecule has 2 heterocycles. The van der Waals surface area contributed by atoms with Crippen LogP contribution in [0, 0.1) is 24.4 Å². The number of hydrogen-bond acceptors (Lipinski definition) is 6. The highest BCUT2D eigenvalue weighted by Crippen LogP contribution is 2.36. The van der Waals surface area contributed by atoms with Crippen molar-refractivity contribution in [2.24, 2.45) is 7.05 Å². The number of fused-ring (bicyclic) bond motifs is 1. The molecule has 0 spiro atoms. The molecule has 2 atom stereocenters. The molecule has 0 unspecified atom stereocenters. The molecule has 46 heavy (non-hydrogen) atoms. The number of nitrogens with zero attached hydrogens (tertiary/aromatic N) is 2. The van der Waals surface area contributed by atoms with Gasteiger partial charge >= 0.3 is 12.1 Å². The molecule has 4 rings (SSSR count). The minimum absolute atomic E-state index is 0.0170. The first-order valence-electron chi connectivity index (χ1n) is 13.8. The van der Waals surface area contributed by atoms with Gasteiger partial charge in [-0.3, -0.25) is 14.6 Å². The summed E-state index contributed by atoms with van der Waals surface area (Å²) in [5, 5.41) is 14.0. The van der Waals surface area contributed by atoms with Gasteiger partial charge in [-0.1, -0.05) is 13.0 Å². The Hall–Kier alpha value is -5.08. The van der Waals surface area contributed by atoms with Crippen LogP contribution in [0.4, 0.5) is 32.0 Å². The predicted octanol–water partition coefficient (Wildman–Crippen LogP) is 5.51. The van der Waals surface area contributed by atoms with Crippen LogP contribution in [0.5, 0.6) is 5.75 Å². The van der Waals surface area contributed by atoms with Crippen LogP contribution in [-0.4, -0.2) is 51.9 Å². The quantitative estimate of drug-likeness (QED) is 0.194. The van der Waals surface area contributed by atoms with Gasteiger partial charge in [0.15, 0.2) is 0 Å². The molecule has 244 valence electrons. The van der Waals surface area contributed by atoms with E-state index in [4.69, 9.17) is 4.74 Å². The third kappa shape index (κ3) is 6.62. The molecule has 0 radical (unpaired) electrons. The minimum Gasteiger partial charge on any atom is -0.496 e. The number of carboxylic acid groups (broad SMARTS) is 1. The number of carbonyl (C=O) groups is 2. The van der Waals surface area contributed by atoms with Gasteiger partial charge in [-0.2, -0.15) is 13.2 Å². The molecule has 0 bridgehead atoms. The molecule has 0 saturated heterocycles. The zero-order valence-electron chi connectivity index (χ0n) is 24.9. The molecule has 4 aromatic rings. The average Bonchev–Trinajstić information content (AvgIpc) is 2.98. The molecule has 1 amide bonds.